The van der Waals surface area contributed by atoms with E-state index in [0.29, 0.717) is 17.5 Å². The second-order valence-electron chi connectivity index (χ2n) is 12.9. The summed E-state index contributed by atoms with van der Waals surface area (Å²) < 4.78 is 11.8. The van der Waals surface area contributed by atoms with Crippen molar-refractivity contribution in [3.05, 3.63) is 119 Å². The van der Waals surface area contributed by atoms with E-state index in [-0.39, 0.29) is 22.7 Å². The number of allylic oxidation sites excluding steroid dienone is 6. The number of benzene rings is 2. The third-order valence-electron chi connectivity index (χ3n) is 8.89. The first-order chi connectivity index (χ1) is 21.3. The number of H-pyrrole nitrogens is 2. The summed E-state index contributed by atoms with van der Waals surface area (Å²) >= 11 is 0. The lowest BCUT2D eigenvalue weighted by Crippen LogP contribution is -2.27. The predicted octanol–water partition coefficient (Wildman–Crippen LogP) is 8.65. The quantitative estimate of drug-likeness (QED) is 0.141. The van der Waals surface area contributed by atoms with Crippen LogP contribution in [0.3, 0.4) is 0 Å². The standard InChI is InChI=1S/C39H42N2O4/c1-11-38(5,6)36-27(24-17-13-14-19-26(24)40-36)29-32(42)35(45-10)30(33(43)34(29)44-9)28-25-18-15-16-23(21-20-22(3)4)31(25)41-37(28)39(7,8)12-2/h11-20,40-41H,1-2,21H2,3-10H3. The maximum absolute atomic E-state index is 14.8. The molecule has 6 heteroatoms. The van der Waals surface area contributed by atoms with Crippen LogP contribution in [0.2, 0.25) is 0 Å². The van der Waals surface area contributed by atoms with Gasteiger partial charge in [0.15, 0.2) is 11.5 Å². The van der Waals surface area contributed by atoms with E-state index in [1.54, 1.807) is 0 Å². The van der Waals surface area contributed by atoms with Gasteiger partial charge in [0.1, 0.15) is 0 Å². The number of methoxy groups -OCH3 is 2. The molecule has 2 aromatic carbocycles. The highest BCUT2D eigenvalue weighted by molar-refractivity contribution is 6.48. The molecule has 0 bridgehead atoms. The number of rotatable bonds is 10. The summed E-state index contributed by atoms with van der Waals surface area (Å²) in [5, 5.41) is 1.63. The number of ketones is 2. The Labute approximate surface area is 265 Å². The Hall–Kier alpha value is -4.84. The average molecular weight is 603 g/mol. The number of nitrogens with one attached hydrogen (secondary N) is 2. The van der Waals surface area contributed by atoms with Crippen molar-refractivity contribution in [1.29, 1.82) is 0 Å². The molecule has 1 aliphatic rings. The van der Waals surface area contributed by atoms with Crippen LogP contribution in [0.1, 0.15) is 69.6 Å². The van der Waals surface area contributed by atoms with E-state index in [1.807, 2.05) is 76.2 Å². The van der Waals surface area contributed by atoms with Gasteiger partial charge >= 0.3 is 0 Å². The van der Waals surface area contributed by atoms with Gasteiger partial charge in [-0.05, 0) is 31.9 Å². The Bertz CT molecular complexity index is 1980. The first-order valence-corrected chi connectivity index (χ1v) is 15.1. The van der Waals surface area contributed by atoms with Gasteiger partial charge < -0.3 is 19.4 Å². The average Bonchev–Trinajstić information content (AvgIpc) is 3.61. The molecular weight excluding hydrogens is 560 g/mol. The normalized spacial score (nSPS) is 14.4. The van der Waals surface area contributed by atoms with Crippen LogP contribution in [-0.2, 0) is 36.3 Å². The smallest absolute Gasteiger partial charge is 0.232 e. The Morgan fingerprint density at radius 3 is 1.80 bits per heavy atom. The summed E-state index contributed by atoms with van der Waals surface area (Å²) in [6.07, 6.45) is 6.55. The summed E-state index contributed by atoms with van der Waals surface area (Å²) in [5.74, 6) is -0.903. The fourth-order valence-corrected chi connectivity index (χ4v) is 6.10. The molecule has 4 aromatic rings. The van der Waals surface area contributed by atoms with Crippen molar-refractivity contribution in [2.75, 3.05) is 14.2 Å². The first kappa shape index (κ1) is 31.6. The molecule has 5 rings (SSSR count). The summed E-state index contributed by atoms with van der Waals surface area (Å²) in [4.78, 5) is 36.7. The number of aromatic amines is 2. The molecule has 0 saturated carbocycles. The van der Waals surface area contributed by atoms with Crippen molar-refractivity contribution in [1.82, 2.24) is 9.97 Å². The van der Waals surface area contributed by atoms with Gasteiger partial charge in [-0.3, -0.25) is 9.59 Å². The Kier molecular flexibility index (Phi) is 8.13. The minimum Gasteiger partial charge on any atom is -0.492 e. The van der Waals surface area contributed by atoms with Crippen LogP contribution in [0.4, 0.5) is 0 Å². The number of hydrogen-bond acceptors (Lipinski definition) is 4. The molecule has 0 unspecified atom stereocenters. The number of para-hydroxylation sites is 2. The van der Waals surface area contributed by atoms with Gasteiger partial charge in [0, 0.05) is 55.2 Å². The highest BCUT2D eigenvalue weighted by atomic mass is 16.5. The van der Waals surface area contributed by atoms with E-state index in [2.05, 4.69) is 49.1 Å². The first-order valence-electron chi connectivity index (χ1n) is 15.1. The monoisotopic (exact) mass is 602 g/mol. The number of aromatic nitrogens is 2. The zero-order valence-corrected chi connectivity index (χ0v) is 27.5. The van der Waals surface area contributed by atoms with Crippen molar-refractivity contribution < 1.29 is 19.1 Å². The molecule has 6 nitrogen and oxygen atoms in total. The highest BCUT2D eigenvalue weighted by Gasteiger charge is 2.43. The molecule has 2 aromatic heterocycles. The van der Waals surface area contributed by atoms with Crippen molar-refractivity contribution in [2.45, 2.75) is 58.8 Å². The predicted molar refractivity (Wildman–Crippen MR) is 184 cm³/mol. The van der Waals surface area contributed by atoms with Gasteiger partial charge in [0.05, 0.1) is 25.4 Å². The Balaban J connectivity index is 1.86. The summed E-state index contributed by atoms with van der Waals surface area (Å²) in [7, 11) is 2.87. The molecule has 45 heavy (non-hydrogen) atoms. The van der Waals surface area contributed by atoms with E-state index in [9.17, 15) is 9.59 Å². The molecule has 0 aliphatic heterocycles. The topological polar surface area (TPSA) is 84.2 Å². The van der Waals surface area contributed by atoms with E-state index >= 15 is 0 Å². The van der Waals surface area contributed by atoms with Crippen molar-refractivity contribution in [2.24, 2.45) is 0 Å². The maximum Gasteiger partial charge on any atom is 0.232 e. The van der Waals surface area contributed by atoms with Crippen LogP contribution in [0.25, 0.3) is 33.0 Å². The van der Waals surface area contributed by atoms with Crippen molar-refractivity contribution in [3.8, 4) is 0 Å². The number of carbonyl (C=O) groups excluding carboxylic acids is 2. The van der Waals surface area contributed by atoms with Crippen LogP contribution >= 0.6 is 0 Å². The molecule has 232 valence electrons. The Morgan fingerprint density at radius 1 is 0.756 bits per heavy atom. The maximum atomic E-state index is 14.8. The van der Waals surface area contributed by atoms with Crippen LogP contribution in [-0.4, -0.2) is 35.8 Å². The molecule has 0 spiro atoms. The molecule has 0 amide bonds. The van der Waals surface area contributed by atoms with E-state index < -0.39 is 22.4 Å². The van der Waals surface area contributed by atoms with E-state index in [1.165, 1.54) is 19.8 Å². The lowest BCUT2D eigenvalue weighted by molar-refractivity contribution is -0.117. The Morgan fingerprint density at radius 2 is 1.27 bits per heavy atom. The fraction of sp³-hybridized carbons (Fsp3) is 0.282. The van der Waals surface area contributed by atoms with Crippen LogP contribution < -0.4 is 0 Å². The van der Waals surface area contributed by atoms with Crippen LogP contribution in [0.15, 0.2) is 90.9 Å². The second-order valence-corrected chi connectivity index (χ2v) is 12.9. The number of Topliss-reactive ketones (excluding diaryl/α,β-unsaturated/α-hetero) is 2. The van der Waals surface area contributed by atoms with Crippen LogP contribution in [0, 0.1) is 0 Å². The third-order valence-corrected chi connectivity index (χ3v) is 8.89. The summed E-state index contributed by atoms with van der Waals surface area (Å²) in [6, 6.07) is 13.8. The van der Waals surface area contributed by atoms with E-state index in [4.69, 9.17) is 9.47 Å². The summed E-state index contributed by atoms with van der Waals surface area (Å²) in [6.45, 7) is 20.4. The lowest BCUT2D eigenvalue weighted by atomic mass is 9.78. The lowest BCUT2D eigenvalue weighted by Gasteiger charge is -2.27. The zero-order valence-electron chi connectivity index (χ0n) is 27.5. The number of ether oxygens (including phenoxy) is 2. The molecule has 2 N–H and O–H groups in total. The minimum absolute atomic E-state index is 0.0276. The van der Waals surface area contributed by atoms with Gasteiger partial charge in [-0.25, -0.2) is 0 Å². The highest BCUT2D eigenvalue weighted by Crippen LogP contribution is 2.46. The number of carbonyl (C=O) groups is 2. The molecular formula is C39H42N2O4. The zero-order chi connectivity index (χ0) is 32.8. The molecule has 0 saturated heterocycles. The van der Waals surface area contributed by atoms with Crippen molar-refractivity contribution in [3.63, 3.8) is 0 Å². The van der Waals surface area contributed by atoms with E-state index in [0.717, 1.165) is 38.8 Å². The van der Waals surface area contributed by atoms with Gasteiger partial charge in [-0.1, -0.05) is 87.9 Å². The molecule has 1 aliphatic carbocycles. The minimum atomic E-state index is -0.577. The van der Waals surface area contributed by atoms with Crippen molar-refractivity contribution >= 4 is 44.5 Å². The second kappa shape index (κ2) is 11.6. The SMILES string of the molecule is C=CC(C)(C)c1[nH]c2ccccc2c1C1=C(OC)C(=O)C(c2c(C(C)(C)C=C)[nH]c3c(CC=C(C)C)cccc23)=C(OC)C1=O. The summed E-state index contributed by atoms with van der Waals surface area (Å²) in [5.41, 5.74) is 5.97. The number of fused-ring (bicyclic) bond motifs is 2. The van der Waals surface area contributed by atoms with Crippen LogP contribution in [0.5, 0.6) is 0 Å². The molecule has 0 fully saturated rings. The largest absolute Gasteiger partial charge is 0.492 e. The third kappa shape index (κ3) is 5.08. The molecule has 2 heterocycles. The van der Waals surface area contributed by atoms with Gasteiger partial charge in [-0.15, -0.1) is 13.2 Å². The van der Waals surface area contributed by atoms with Gasteiger partial charge in [0.25, 0.3) is 0 Å². The number of hydrogen-bond donors (Lipinski definition) is 2. The van der Waals surface area contributed by atoms with Gasteiger partial charge in [0.2, 0.25) is 11.6 Å². The van der Waals surface area contributed by atoms with Gasteiger partial charge in [-0.2, -0.15) is 0 Å². The fourth-order valence-electron chi connectivity index (χ4n) is 6.10. The molecule has 0 atom stereocenters. The molecule has 0 radical (unpaired) electrons.